The van der Waals surface area contributed by atoms with Crippen LogP contribution in [0.4, 0.5) is 0 Å². The van der Waals surface area contributed by atoms with Gasteiger partial charge in [0.05, 0.1) is 6.61 Å². The summed E-state index contributed by atoms with van der Waals surface area (Å²) in [7, 11) is 0. The molecule has 1 fully saturated rings. The van der Waals surface area contributed by atoms with Crippen molar-refractivity contribution >= 4 is 23.4 Å². The molecule has 7 heteroatoms. The van der Waals surface area contributed by atoms with E-state index in [-0.39, 0.29) is 30.9 Å². The number of aromatic hydroxyl groups is 1. The van der Waals surface area contributed by atoms with Crippen LogP contribution in [-0.2, 0) is 16.1 Å². The molecule has 25 heavy (non-hydrogen) atoms. The molecule has 2 amide bonds. The van der Waals surface area contributed by atoms with Crippen LogP contribution in [0.1, 0.15) is 15.9 Å². The second kappa shape index (κ2) is 7.55. The fourth-order valence-electron chi connectivity index (χ4n) is 2.57. The highest BCUT2D eigenvalue weighted by atomic mass is 35.5. The van der Waals surface area contributed by atoms with E-state index in [1.807, 2.05) is 12.1 Å². The lowest BCUT2D eigenvalue weighted by atomic mass is 10.1. The number of phenols is 1. The fraction of sp³-hybridized carbons (Fsp3) is 0.222. The Morgan fingerprint density at radius 1 is 1.24 bits per heavy atom. The molecule has 0 aromatic heterocycles. The van der Waals surface area contributed by atoms with Gasteiger partial charge in [-0.15, -0.1) is 0 Å². The van der Waals surface area contributed by atoms with Crippen molar-refractivity contribution in [2.45, 2.75) is 12.6 Å². The highest BCUT2D eigenvalue weighted by Gasteiger charge is 2.35. The van der Waals surface area contributed by atoms with E-state index in [9.17, 15) is 14.7 Å². The SMILES string of the molecule is O=C(NCc1ccc(Cl)cc1)C1COCN1C(=O)c1cccc(O)c1. The van der Waals surface area contributed by atoms with Crippen molar-refractivity contribution in [1.29, 1.82) is 0 Å². The number of amides is 2. The van der Waals surface area contributed by atoms with Gasteiger partial charge in [0.25, 0.3) is 5.91 Å². The van der Waals surface area contributed by atoms with E-state index in [4.69, 9.17) is 16.3 Å². The highest BCUT2D eigenvalue weighted by molar-refractivity contribution is 6.30. The predicted molar refractivity (Wildman–Crippen MR) is 92.2 cm³/mol. The standard InChI is InChI=1S/C18H17ClN2O4/c19-14-6-4-12(5-7-14)9-20-17(23)16-10-25-11-21(16)18(24)13-2-1-3-15(22)8-13/h1-8,16,22H,9-11H2,(H,20,23). The molecule has 0 bridgehead atoms. The second-order valence-corrected chi connectivity index (χ2v) is 6.12. The number of phenolic OH excluding ortho intramolecular Hbond substituents is 1. The van der Waals surface area contributed by atoms with Gasteiger partial charge in [0.1, 0.15) is 18.5 Å². The van der Waals surface area contributed by atoms with Crippen molar-refractivity contribution in [2.24, 2.45) is 0 Å². The molecule has 1 aliphatic heterocycles. The number of hydrogen-bond donors (Lipinski definition) is 2. The smallest absolute Gasteiger partial charge is 0.256 e. The van der Waals surface area contributed by atoms with E-state index in [2.05, 4.69) is 5.32 Å². The van der Waals surface area contributed by atoms with Crippen LogP contribution in [-0.4, -0.2) is 41.2 Å². The molecule has 0 radical (unpaired) electrons. The van der Waals surface area contributed by atoms with Gasteiger partial charge in [0.2, 0.25) is 5.91 Å². The van der Waals surface area contributed by atoms with E-state index in [1.165, 1.54) is 17.0 Å². The van der Waals surface area contributed by atoms with Gasteiger partial charge < -0.3 is 20.1 Å². The summed E-state index contributed by atoms with van der Waals surface area (Å²) in [6.07, 6.45) is 0. The monoisotopic (exact) mass is 360 g/mol. The van der Waals surface area contributed by atoms with Crippen molar-refractivity contribution in [2.75, 3.05) is 13.3 Å². The van der Waals surface area contributed by atoms with Gasteiger partial charge in [-0.1, -0.05) is 29.8 Å². The highest BCUT2D eigenvalue weighted by Crippen LogP contribution is 2.18. The molecule has 1 atom stereocenters. The number of halogens is 1. The Morgan fingerprint density at radius 3 is 2.72 bits per heavy atom. The zero-order valence-corrected chi connectivity index (χ0v) is 14.1. The van der Waals surface area contributed by atoms with E-state index < -0.39 is 6.04 Å². The van der Waals surface area contributed by atoms with Crippen LogP contribution in [0.15, 0.2) is 48.5 Å². The molecule has 2 N–H and O–H groups in total. The number of ether oxygens (including phenoxy) is 1. The summed E-state index contributed by atoms with van der Waals surface area (Å²) < 4.78 is 5.30. The summed E-state index contributed by atoms with van der Waals surface area (Å²) in [4.78, 5) is 26.4. The molecule has 1 saturated heterocycles. The number of nitrogens with zero attached hydrogens (tertiary/aromatic N) is 1. The molecule has 2 aromatic rings. The van der Waals surface area contributed by atoms with Gasteiger partial charge >= 0.3 is 0 Å². The number of nitrogens with one attached hydrogen (secondary N) is 1. The third kappa shape index (κ3) is 4.10. The Hall–Kier alpha value is -2.57. The average Bonchev–Trinajstić information content (AvgIpc) is 3.10. The summed E-state index contributed by atoms with van der Waals surface area (Å²) in [6.45, 7) is 0.505. The zero-order valence-electron chi connectivity index (χ0n) is 13.3. The van der Waals surface area contributed by atoms with Gasteiger partial charge in [-0.2, -0.15) is 0 Å². The van der Waals surface area contributed by atoms with Gasteiger partial charge in [-0.05, 0) is 35.9 Å². The molecule has 2 aromatic carbocycles. The number of carbonyl (C=O) groups excluding carboxylic acids is 2. The molecular formula is C18H17ClN2O4. The van der Waals surface area contributed by atoms with Crippen LogP contribution in [0.5, 0.6) is 5.75 Å². The van der Waals surface area contributed by atoms with Crippen LogP contribution in [0.2, 0.25) is 5.02 Å². The quantitative estimate of drug-likeness (QED) is 0.875. The van der Waals surface area contributed by atoms with E-state index in [0.29, 0.717) is 17.1 Å². The molecule has 3 rings (SSSR count). The summed E-state index contributed by atoms with van der Waals surface area (Å²) in [5.41, 5.74) is 1.21. The third-order valence-electron chi connectivity index (χ3n) is 3.92. The maximum Gasteiger partial charge on any atom is 0.256 e. The first-order valence-corrected chi connectivity index (χ1v) is 8.12. The van der Waals surface area contributed by atoms with Crippen LogP contribution in [0.3, 0.4) is 0 Å². The zero-order chi connectivity index (χ0) is 17.8. The fourth-order valence-corrected chi connectivity index (χ4v) is 2.70. The minimum absolute atomic E-state index is 0.00490. The Balaban J connectivity index is 1.65. The lowest BCUT2D eigenvalue weighted by Crippen LogP contribution is -2.47. The molecule has 0 saturated carbocycles. The largest absolute Gasteiger partial charge is 0.508 e. The van der Waals surface area contributed by atoms with Crippen molar-refractivity contribution in [3.63, 3.8) is 0 Å². The Bertz CT molecular complexity index is 779. The number of hydrogen-bond acceptors (Lipinski definition) is 4. The maximum atomic E-state index is 12.6. The molecule has 130 valence electrons. The minimum atomic E-state index is -0.706. The second-order valence-electron chi connectivity index (χ2n) is 5.69. The predicted octanol–water partition coefficient (Wildman–Crippen LogP) is 2.16. The van der Waals surface area contributed by atoms with Crippen LogP contribution in [0, 0.1) is 0 Å². The summed E-state index contributed by atoms with van der Waals surface area (Å²) in [5, 5.41) is 12.9. The van der Waals surface area contributed by atoms with Gasteiger partial charge in [-0.25, -0.2) is 0 Å². The minimum Gasteiger partial charge on any atom is -0.508 e. The first kappa shape index (κ1) is 17.3. The molecule has 1 heterocycles. The first-order chi connectivity index (χ1) is 12.0. The lowest BCUT2D eigenvalue weighted by Gasteiger charge is -2.22. The molecule has 0 spiro atoms. The summed E-state index contributed by atoms with van der Waals surface area (Å²) in [6, 6.07) is 12.4. The average molecular weight is 361 g/mol. The van der Waals surface area contributed by atoms with E-state index >= 15 is 0 Å². The summed E-state index contributed by atoms with van der Waals surface area (Å²) in [5.74, 6) is -0.657. The van der Waals surface area contributed by atoms with Crippen LogP contribution in [0.25, 0.3) is 0 Å². The van der Waals surface area contributed by atoms with E-state index in [0.717, 1.165) is 5.56 Å². The molecule has 6 nitrogen and oxygen atoms in total. The van der Waals surface area contributed by atoms with Gasteiger partial charge in [0, 0.05) is 17.1 Å². The first-order valence-electron chi connectivity index (χ1n) is 7.74. The van der Waals surface area contributed by atoms with Gasteiger partial charge in [-0.3, -0.25) is 9.59 Å². The molecule has 1 aliphatic rings. The normalized spacial score (nSPS) is 16.7. The number of carbonyl (C=O) groups is 2. The van der Waals surface area contributed by atoms with Crippen LogP contribution >= 0.6 is 11.6 Å². The van der Waals surface area contributed by atoms with Crippen molar-refractivity contribution < 1.29 is 19.4 Å². The van der Waals surface area contributed by atoms with Crippen molar-refractivity contribution in [3.8, 4) is 5.75 Å². The number of benzene rings is 2. The lowest BCUT2D eigenvalue weighted by molar-refractivity contribution is -0.124. The number of rotatable bonds is 4. The summed E-state index contributed by atoms with van der Waals surface area (Å²) >= 11 is 5.84. The van der Waals surface area contributed by atoms with E-state index in [1.54, 1.807) is 24.3 Å². The Labute approximate surface area is 150 Å². The van der Waals surface area contributed by atoms with Crippen LogP contribution < -0.4 is 5.32 Å². The topological polar surface area (TPSA) is 78.9 Å². The molecule has 1 unspecified atom stereocenters. The Kier molecular flexibility index (Phi) is 5.21. The third-order valence-corrected chi connectivity index (χ3v) is 4.17. The Morgan fingerprint density at radius 2 is 2.00 bits per heavy atom. The van der Waals surface area contributed by atoms with Crippen molar-refractivity contribution in [3.05, 3.63) is 64.7 Å². The maximum absolute atomic E-state index is 12.6. The molecule has 0 aliphatic carbocycles. The molecular weight excluding hydrogens is 344 g/mol. The van der Waals surface area contributed by atoms with Gasteiger partial charge in [0.15, 0.2) is 0 Å². The van der Waals surface area contributed by atoms with Crippen molar-refractivity contribution in [1.82, 2.24) is 10.2 Å².